The molecular weight excluding hydrogens is 487 g/mol. The third-order valence-electron chi connectivity index (χ3n) is 5.27. The predicted octanol–water partition coefficient (Wildman–Crippen LogP) is 8.49. The summed E-state index contributed by atoms with van der Waals surface area (Å²) in [7, 11) is 0. The Balaban J connectivity index is 1.28. The van der Waals surface area contributed by atoms with Crippen molar-refractivity contribution in [2.75, 3.05) is 5.32 Å². The predicted molar refractivity (Wildman–Crippen MR) is 142 cm³/mol. The van der Waals surface area contributed by atoms with E-state index in [4.69, 9.17) is 32.6 Å². The van der Waals surface area contributed by atoms with Crippen LogP contribution in [0.4, 0.5) is 5.69 Å². The van der Waals surface area contributed by atoms with E-state index < -0.39 is 0 Å². The van der Waals surface area contributed by atoms with Gasteiger partial charge in [-0.25, -0.2) is 4.98 Å². The first-order chi connectivity index (χ1) is 16.5. The number of para-hydroxylation sites is 1. The lowest BCUT2D eigenvalue weighted by Crippen LogP contribution is -2.08. The molecule has 168 valence electrons. The van der Waals surface area contributed by atoms with Crippen LogP contribution < -0.4 is 5.32 Å². The van der Waals surface area contributed by atoms with Gasteiger partial charge < -0.3 is 9.73 Å². The lowest BCUT2D eigenvalue weighted by atomic mass is 10.1. The fourth-order valence-electron chi connectivity index (χ4n) is 3.55. The number of nitrogens with zero attached hydrogens (tertiary/aromatic N) is 1. The van der Waals surface area contributed by atoms with E-state index in [0.29, 0.717) is 27.1 Å². The van der Waals surface area contributed by atoms with Crippen molar-refractivity contribution in [1.29, 1.82) is 0 Å². The Hall–Kier alpha value is -3.38. The molecule has 0 saturated carbocycles. The Labute approximate surface area is 210 Å². The van der Waals surface area contributed by atoms with Crippen LogP contribution in [-0.4, -0.2) is 10.9 Å². The number of hydrogen-bond acceptors (Lipinski definition) is 4. The Morgan fingerprint density at radius 2 is 1.88 bits per heavy atom. The van der Waals surface area contributed by atoms with E-state index in [1.54, 1.807) is 41.7 Å². The second kappa shape index (κ2) is 9.47. The highest BCUT2D eigenvalue weighted by Crippen LogP contribution is 2.35. The average Bonchev–Trinajstić information content (AvgIpc) is 3.48. The molecule has 0 atom stereocenters. The van der Waals surface area contributed by atoms with Gasteiger partial charge in [-0.15, -0.1) is 11.3 Å². The molecular formula is C27H18Cl2N2O2S. The summed E-state index contributed by atoms with van der Waals surface area (Å²) in [5.74, 6) is 0.854. The van der Waals surface area contributed by atoms with Gasteiger partial charge in [0, 0.05) is 22.9 Å². The Bertz CT molecular complexity index is 1520. The first-order valence-corrected chi connectivity index (χ1v) is 12.0. The minimum Gasteiger partial charge on any atom is -0.457 e. The SMILES string of the molecule is Cc1cc(-c2nc3ccccc3s2)ccc1NC(=O)C=Cc1ccc(-c2cccc(Cl)c2Cl)o1. The molecule has 2 heterocycles. The van der Waals surface area contributed by atoms with E-state index >= 15 is 0 Å². The summed E-state index contributed by atoms with van der Waals surface area (Å²) in [4.78, 5) is 17.2. The van der Waals surface area contributed by atoms with E-state index in [1.807, 2.05) is 49.4 Å². The molecule has 3 aromatic carbocycles. The Morgan fingerprint density at radius 3 is 2.71 bits per heavy atom. The van der Waals surface area contributed by atoms with Crippen LogP contribution >= 0.6 is 34.5 Å². The number of carbonyl (C=O) groups excluding carboxylic acids is 1. The number of aromatic nitrogens is 1. The molecule has 5 rings (SSSR count). The summed E-state index contributed by atoms with van der Waals surface area (Å²) >= 11 is 14.0. The number of fused-ring (bicyclic) bond motifs is 1. The van der Waals surface area contributed by atoms with Crippen LogP contribution in [0.25, 0.3) is 38.2 Å². The van der Waals surface area contributed by atoms with Crippen LogP contribution in [0.15, 0.2) is 83.3 Å². The molecule has 0 saturated heterocycles. The second-order valence-corrected chi connectivity index (χ2v) is 9.46. The maximum atomic E-state index is 12.5. The minimum atomic E-state index is -0.255. The maximum absolute atomic E-state index is 12.5. The van der Waals surface area contributed by atoms with E-state index in [1.165, 1.54) is 6.08 Å². The van der Waals surface area contributed by atoms with Crippen molar-refractivity contribution < 1.29 is 9.21 Å². The summed E-state index contributed by atoms with van der Waals surface area (Å²) in [6, 6.07) is 22.9. The topological polar surface area (TPSA) is 55.1 Å². The molecule has 0 bridgehead atoms. The number of carbonyl (C=O) groups is 1. The number of aryl methyl sites for hydroxylation is 1. The van der Waals surface area contributed by atoms with Crippen molar-refractivity contribution in [2.24, 2.45) is 0 Å². The highest BCUT2D eigenvalue weighted by Gasteiger charge is 2.11. The second-order valence-electron chi connectivity index (χ2n) is 7.64. The Kier molecular flexibility index (Phi) is 6.24. The van der Waals surface area contributed by atoms with Gasteiger partial charge in [0.25, 0.3) is 0 Å². The summed E-state index contributed by atoms with van der Waals surface area (Å²) in [5.41, 5.74) is 4.40. The van der Waals surface area contributed by atoms with Gasteiger partial charge in [0.15, 0.2) is 0 Å². The van der Waals surface area contributed by atoms with Crippen LogP contribution in [0.5, 0.6) is 0 Å². The van der Waals surface area contributed by atoms with Crippen molar-refractivity contribution in [3.8, 4) is 21.9 Å². The molecule has 1 N–H and O–H groups in total. The van der Waals surface area contributed by atoms with E-state index in [9.17, 15) is 4.79 Å². The van der Waals surface area contributed by atoms with Gasteiger partial charge in [0.2, 0.25) is 5.91 Å². The number of hydrogen-bond donors (Lipinski definition) is 1. The monoisotopic (exact) mass is 504 g/mol. The molecule has 34 heavy (non-hydrogen) atoms. The standard InChI is InChI=1S/C27H18Cl2N2O2S/c1-16-15-17(27-31-22-7-2-3-8-24(22)34-27)9-12-21(16)30-25(32)14-11-18-10-13-23(33-18)19-5-4-6-20(28)26(19)29/h2-15H,1H3,(H,30,32). The molecule has 0 fully saturated rings. The molecule has 7 heteroatoms. The van der Waals surface area contributed by atoms with Gasteiger partial charge in [-0.1, -0.05) is 41.4 Å². The van der Waals surface area contributed by atoms with Crippen LogP contribution in [-0.2, 0) is 4.79 Å². The summed E-state index contributed by atoms with van der Waals surface area (Å²) in [5, 5.41) is 4.75. The third kappa shape index (κ3) is 4.64. The molecule has 0 aliphatic heterocycles. The van der Waals surface area contributed by atoms with Gasteiger partial charge in [-0.3, -0.25) is 4.79 Å². The number of amides is 1. The number of halogens is 2. The number of anilines is 1. The molecule has 2 aromatic heterocycles. The summed E-state index contributed by atoms with van der Waals surface area (Å²) in [6.45, 7) is 1.96. The van der Waals surface area contributed by atoms with Gasteiger partial charge in [-0.2, -0.15) is 0 Å². The first kappa shape index (κ1) is 22.4. The third-order valence-corrected chi connectivity index (χ3v) is 7.17. The van der Waals surface area contributed by atoms with Crippen molar-refractivity contribution in [3.63, 3.8) is 0 Å². The van der Waals surface area contributed by atoms with E-state index in [2.05, 4.69) is 11.4 Å². The van der Waals surface area contributed by atoms with Crippen LogP contribution in [0.1, 0.15) is 11.3 Å². The lowest BCUT2D eigenvalue weighted by molar-refractivity contribution is -0.111. The fraction of sp³-hybridized carbons (Fsp3) is 0.0370. The first-order valence-electron chi connectivity index (χ1n) is 10.5. The summed E-state index contributed by atoms with van der Waals surface area (Å²) in [6.07, 6.45) is 3.05. The molecule has 0 aliphatic rings. The van der Waals surface area contributed by atoms with Crippen molar-refractivity contribution in [2.45, 2.75) is 6.92 Å². The highest BCUT2D eigenvalue weighted by molar-refractivity contribution is 7.21. The largest absolute Gasteiger partial charge is 0.457 e. The Morgan fingerprint density at radius 1 is 1.03 bits per heavy atom. The highest BCUT2D eigenvalue weighted by atomic mass is 35.5. The number of nitrogens with one attached hydrogen (secondary N) is 1. The van der Waals surface area contributed by atoms with E-state index in [-0.39, 0.29) is 5.91 Å². The number of thiazole rings is 1. The van der Waals surface area contributed by atoms with Crippen LogP contribution in [0.3, 0.4) is 0 Å². The van der Waals surface area contributed by atoms with Crippen molar-refractivity contribution in [1.82, 2.24) is 4.98 Å². The summed E-state index contributed by atoms with van der Waals surface area (Å²) < 4.78 is 6.95. The molecule has 4 nitrogen and oxygen atoms in total. The molecule has 0 unspecified atom stereocenters. The number of benzene rings is 3. The zero-order valence-corrected chi connectivity index (χ0v) is 20.3. The van der Waals surface area contributed by atoms with Crippen LogP contribution in [0.2, 0.25) is 10.0 Å². The molecule has 0 radical (unpaired) electrons. The van der Waals surface area contributed by atoms with E-state index in [0.717, 1.165) is 32.0 Å². The van der Waals surface area contributed by atoms with Gasteiger partial charge in [-0.05, 0) is 73.2 Å². The maximum Gasteiger partial charge on any atom is 0.248 e. The zero-order valence-electron chi connectivity index (χ0n) is 18.0. The number of furan rings is 1. The number of rotatable bonds is 5. The zero-order chi connectivity index (χ0) is 23.7. The molecule has 1 amide bonds. The van der Waals surface area contributed by atoms with Gasteiger partial charge >= 0.3 is 0 Å². The van der Waals surface area contributed by atoms with Crippen molar-refractivity contribution >= 4 is 62.4 Å². The quantitative estimate of drug-likeness (QED) is 0.244. The van der Waals surface area contributed by atoms with Crippen LogP contribution in [0, 0.1) is 6.92 Å². The molecule has 5 aromatic rings. The van der Waals surface area contributed by atoms with Gasteiger partial charge in [0.1, 0.15) is 16.5 Å². The molecule has 0 spiro atoms. The average molecular weight is 505 g/mol. The normalized spacial score (nSPS) is 11.4. The smallest absolute Gasteiger partial charge is 0.248 e. The fourth-order valence-corrected chi connectivity index (χ4v) is 4.90. The van der Waals surface area contributed by atoms with Gasteiger partial charge in [0.05, 0.1) is 20.3 Å². The van der Waals surface area contributed by atoms with Crippen molar-refractivity contribution in [3.05, 3.63) is 100 Å². The lowest BCUT2D eigenvalue weighted by Gasteiger charge is -2.08. The minimum absolute atomic E-state index is 0.255. The molecule has 0 aliphatic carbocycles.